The van der Waals surface area contributed by atoms with Gasteiger partial charge in [0.15, 0.2) is 4.67 Å². The molecule has 0 radical (unpaired) electrons. The van der Waals surface area contributed by atoms with Crippen LogP contribution in [0.1, 0.15) is 40.4 Å². The van der Waals surface area contributed by atoms with Crippen LogP contribution in [0.3, 0.4) is 0 Å². The summed E-state index contributed by atoms with van der Waals surface area (Å²) in [5.74, 6) is 0.596. The van der Waals surface area contributed by atoms with Gasteiger partial charge in [-0.2, -0.15) is 0 Å². The molecule has 1 saturated carbocycles. The van der Waals surface area contributed by atoms with Crippen LogP contribution in [0.5, 0.6) is 0 Å². The number of halogens is 1. The van der Waals surface area contributed by atoms with E-state index < -0.39 is 10.0 Å². The van der Waals surface area contributed by atoms with Gasteiger partial charge in [0, 0.05) is 12.1 Å². The third-order valence-electron chi connectivity index (χ3n) is 4.84. The molecule has 5 nitrogen and oxygen atoms in total. The zero-order valence-corrected chi connectivity index (χ0v) is 15.5. The van der Waals surface area contributed by atoms with Crippen LogP contribution in [0.25, 0.3) is 0 Å². The van der Waals surface area contributed by atoms with E-state index in [1.165, 1.54) is 0 Å². The van der Waals surface area contributed by atoms with E-state index in [-0.39, 0.29) is 26.4 Å². The molecule has 1 aliphatic carbocycles. The first-order chi connectivity index (χ1) is 9.54. The Morgan fingerprint density at radius 1 is 1.29 bits per heavy atom. The van der Waals surface area contributed by atoms with E-state index in [4.69, 9.17) is 4.42 Å². The largest absolute Gasteiger partial charge is 0.452 e. The van der Waals surface area contributed by atoms with Crippen molar-refractivity contribution in [3.8, 4) is 0 Å². The van der Waals surface area contributed by atoms with Gasteiger partial charge in [-0.15, -0.1) is 0 Å². The minimum absolute atomic E-state index is 0.0527. The lowest BCUT2D eigenvalue weighted by molar-refractivity contribution is 0.457. The van der Waals surface area contributed by atoms with Gasteiger partial charge in [-0.3, -0.25) is 0 Å². The molecule has 0 aliphatic heterocycles. The zero-order chi connectivity index (χ0) is 16.1. The van der Waals surface area contributed by atoms with Crippen molar-refractivity contribution in [1.29, 1.82) is 0 Å². The summed E-state index contributed by atoms with van der Waals surface area (Å²) in [5, 5.41) is 3.11. The monoisotopic (exact) mass is 378 g/mol. The van der Waals surface area contributed by atoms with Gasteiger partial charge in [-0.25, -0.2) is 13.1 Å². The van der Waals surface area contributed by atoms with Crippen LogP contribution in [-0.4, -0.2) is 21.0 Å². The van der Waals surface area contributed by atoms with Crippen LogP contribution in [0.4, 0.5) is 0 Å². The van der Waals surface area contributed by atoms with Gasteiger partial charge in [-0.05, 0) is 33.3 Å². The third-order valence-corrected chi connectivity index (χ3v) is 7.12. The summed E-state index contributed by atoms with van der Waals surface area (Å²) >= 11 is 3.20. The highest BCUT2D eigenvalue weighted by molar-refractivity contribution is 9.10. The van der Waals surface area contributed by atoms with E-state index in [2.05, 4.69) is 53.7 Å². The van der Waals surface area contributed by atoms with E-state index in [9.17, 15) is 8.42 Å². The first-order valence-electron chi connectivity index (χ1n) is 7.05. The Labute approximate surface area is 135 Å². The first-order valence-corrected chi connectivity index (χ1v) is 9.33. The lowest BCUT2D eigenvalue weighted by atomic mass is 10.0. The zero-order valence-electron chi connectivity index (χ0n) is 13.1. The molecule has 1 aliphatic rings. The summed E-state index contributed by atoms with van der Waals surface area (Å²) in [4.78, 5) is 0.161. The number of nitrogens with one attached hydrogen (secondary N) is 2. The summed E-state index contributed by atoms with van der Waals surface area (Å²) in [6.07, 6.45) is 0. The summed E-state index contributed by atoms with van der Waals surface area (Å²) in [6.45, 7) is 11.6. The van der Waals surface area contributed by atoms with Crippen molar-refractivity contribution in [3.63, 3.8) is 0 Å². The number of hydrogen-bond donors (Lipinski definition) is 2. The van der Waals surface area contributed by atoms with Crippen LogP contribution in [-0.2, 0) is 16.6 Å². The Morgan fingerprint density at radius 3 is 2.33 bits per heavy atom. The van der Waals surface area contributed by atoms with Crippen LogP contribution in [0.15, 0.2) is 20.0 Å². The average molecular weight is 379 g/mol. The maximum absolute atomic E-state index is 12.5. The predicted octanol–water partition coefficient (Wildman–Crippen LogP) is 2.86. The lowest BCUT2D eigenvalue weighted by Crippen LogP contribution is -2.29. The number of rotatable bonds is 6. The molecule has 120 valence electrons. The van der Waals surface area contributed by atoms with Crippen molar-refractivity contribution < 1.29 is 12.8 Å². The Balaban J connectivity index is 2.19. The highest BCUT2D eigenvalue weighted by Gasteiger charge is 2.66. The second-order valence-corrected chi connectivity index (χ2v) is 9.03. The fourth-order valence-electron chi connectivity index (χ4n) is 2.63. The highest BCUT2D eigenvalue weighted by atomic mass is 79.9. The van der Waals surface area contributed by atoms with Crippen molar-refractivity contribution >= 4 is 26.0 Å². The molecule has 1 aromatic heterocycles. The van der Waals surface area contributed by atoms with Crippen LogP contribution in [0.2, 0.25) is 0 Å². The second-order valence-electron chi connectivity index (χ2n) is 6.63. The third kappa shape index (κ3) is 2.93. The average Bonchev–Trinajstić information content (AvgIpc) is 2.67. The Bertz CT molecular complexity index is 621. The maximum Gasteiger partial charge on any atom is 0.245 e. The molecule has 0 aromatic carbocycles. The molecule has 21 heavy (non-hydrogen) atoms. The Kier molecular flexibility index (Phi) is 4.34. The predicted molar refractivity (Wildman–Crippen MR) is 85.5 cm³/mol. The topological polar surface area (TPSA) is 71.3 Å². The molecule has 1 fully saturated rings. The van der Waals surface area contributed by atoms with Gasteiger partial charge in [-0.1, -0.05) is 34.6 Å². The first kappa shape index (κ1) is 17.0. The molecule has 0 spiro atoms. The van der Waals surface area contributed by atoms with Crippen molar-refractivity contribution in [2.75, 3.05) is 6.54 Å². The fourth-order valence-corrected chi connectivity index (χ4v) is 5.15. The second kappa shape index (κ2) is 5.37. The molecular weight excluding hydrogens is 356 g/mol. The quantitative estimate of drug-likeness (QED) is 0.798. The van der Waals surface area contributed by atoms with Crippen LogP contribution < -0.4 is 10.0 Å². The van der Waals surface area contributed by atoms with E-state index in [1.54, 1.807) is 6.07 Å². The molecule has 0 atom stereocenters. The van der Waals surface area contributed by atoms with Gasteiger partial charge >= 0.3 is 0 Å². The van der Waals surface area contributed by atoms with Crippen molar-refractivity contribution in [1.82, 2.24) is 10.0 Å². The lowest BCUT2D eigenvalue weighted by Gasteiger charge is -2.06. The minimum atomic E-state index is -3.59. The van der Waals surface area contributed by atoms with Gasteiger partial charge in [0.25, 0.3) is 0 Å². The molecule has 7 heteroatoms. The van der Waals surface area contributed by atoms with Gasteiger partial charge in [0.05, 0.1) is 6.54 Å². The van der Waals surface area contributed by atoms with Crippen LogP contribution in [0, 0.1) is 10.8 Å². The SMILES string of the molecule is CCNCc1cc(S(=O)(=O)NC2C(C)(C)C2(C)C)c(Br)o1. The highest BCUT2D eigenvalue weighted by Crippen LogP contribution is 2.63. The molecule has 0 amide bonds. The molecule has 2 N–H and O–H groups in total. The minimum Gasteiger partial charge on any atom is -0.452 e. The molecule has 0 bridgehead atoms. The molecule has 1 heterocycles. The summed E-state index contributed by atoms with van der Waals surface area (Å²) in [5.41, 5.74) is -0.105. The fraction of sp³-hybridized carbons (Fsp3) is 0.714. The van der Waals surface area contributed by atoms with E-state index in [0.29, 0.717) is 12.3 Å². The molecule has 0 unspecified atom stereocenters. The number of hydrogen-bond acceptors (Lipinski definition) is 4. The Hall–Kier alpha value is -0.370. The molecular formula is C14H23BrN2O3S. The molecule has 1 aromatic rings. The van der Waals surface area contributed by atoms with E-state index in [0.717, 1.165) is 6.54 Å². The van der Waals surface area contributed by atoms with E-state index >= 15 is 0 Å². The number of furan rings is 1. The van der Waals surface area contributed by atoms with Gasteiger partial charge < -0.3 is 9.73 Å². The maximum atomic E-state index is 12.5. The standard InChI is InChI=1S/C14H23BrN2O3S/c1-6-16-8-9-7-10(11(15)20-9)21(18,19)17-12-13(2,3)14(12,4)5/h7,12,16-17H,6,8H2,1-5H3. The summed E-state index contributed by atoms with van der Waals surface area (Å²) in [7, 11) is -3.59. The van der Waals surface area contributed by atoms with Crippen LogP contribution >= 0.6 is 15.9 Å². The van der Waals surface area contributed by atoms with Crippen molar-refractivity contribution in [2.24, 2.45) is 10.8 Å². The summed E-state index contributed by atoms with van der Waals surface area (Å²) in [6, 6.07) is 1.49. The van der Waals surface area contributed by atoms with E-state index in [1.807, 2.05) is 6.92 Å². The normalized spacial score (nSPS) is 20.7. The summed E-state index contributed by atoms with van der Waals surface area (Å²) < 4.78 is 33.6. The van der Waals surface area contributed by atoms with Gasteiger partial charge in [0.2, 0.25) is 10.0 Å². The van der Waals surface area contributed by atoms with Crippen molar-refractivity contribution in [2.45, 2.75) is 52.1 Å². The number of sulfonamides is 1. The van der Waals surface area contributed by atoms with Crippen molar-refractivity contribution in [3.05, 3.63) is 16.5 Å². The van der Waals surface area contributed by atoms with Gasteiger partial charge in [0.1, 0.15) is 10.7 Å². The Morgan fingerprint density at radius 2 is 1.86 bits per heavy atom. The molecule has 2 rings (SSSR count). The molecule has 0 saturated heterocycles. The smallest absolute Gasteiger partial charge is 0.245 e.